The zero-order valence-electron chi connectivity index (χ0n) is 20.4. The SMILES string of the molecule is COCC(=O)C(Cc1ccc(OC(=O)C(C)C)cc1)N=Cc1cc(Cl)cc(O)c1OC(=O)C(C)C. The molecule has 0 saturated heterocycles. The highest BCUT2D eigenvalue weighted by Crippen LogP contribution is 2.33. The Morgan fingerprint density at radius 3 is 2.17 bits per heavy atom. The number of nitrogens with zero attached hydrogens (tertiary/aromatic N) is 1. The molecule has 0 bridgehead atoms. The molecule has 0 aromatic heterocycles. The van der Waals surface area contributed by atoms with Gasteiger partial charge in [-0.05, 0) is 23.8 Å². The molecule has 1 atom stereocenters. The quantitative estimate of drug-likeness (QED) is 0.274. The van der Waals surface area contributed by atoms with Gasteiger partial charge in [0.1, 0.15) is 18.4 Å². The number of esters is 2. The van der Waals surface area contributed by atoms with Gasteiger partial charge in [0.2, 0.25) is 0 Å². The first-order valence-electron chi connectivity index (χ1n) is 11.1. The monoisotopic (exact) mass is 503 g/mol. The van der Waals surface area contributed by atoms with Crippen molar-refractivity contribution in [2.75, 3.05) is 13.7 Å². The first kappa shape index (κ1) is 28.0. The smallest absolute Gasteiger partial charge is 0.313 e. The second-order valence-electron chi connectivity index (χ2n) is 8.54. The minimum absolute atomic E-state index is 0.0916. The molecule has 2 rings (SSSR count). The molecule has 0 aliphatic rings. The Bertz CT molecular complexity index is 1080. The van der Waals surface area contributed by atoms with E-state index in [4.69, 9.17) is 25.8 Å². The van der Waals surface area contributed by atoms with Crippen LogP contribution in [0.5, 0.6) is 17.2 Å². The molecule has 188 valence electrons. The summed E-state index contributed by atoms with van der Waals surface area (Å²) in [5.74, 6) is -1.83. The van der Waals surface area contributed by atoms with Crippen LogP contribution in [0, 0.1) is 11.8 Å². The number of phenolic OH excluding ortho intramolecular Hbond substituents is 1. The maximum Gasteiger partial charge on any atom is 0.313 e. The van der Waals surface area contributed by atoms with E-state index in [2.05, 4.69) is 4.99 Å². The van der Waals surface area contributed by atoms with Crippen molar-refractivity contribution in [3.8, 4) is 17.2 Å². The van der Waals surface area contributed by atoms with E-state index in [9.17, 15) is 19.5 Å². The van der Waals surface area contributed by atoms with E-state index in [0.29, 0.717) is 5.75 Å². The number of hydrogen-bond acceptors (Lipinski definition) is 8. The highest BCUT2D eigenvalue weighted by Gasteiger charge is 2.20. The Morgan fingerprint density at radius 1 is 1.00 bits per heavy atom. The van der Waals surface area contributed by atoms with Crippen LogP contribution in [0.2, 0.25) is 5.02 Å². The van der Waals surface area contributed by atoms with Crippen molar-refractivity contribution < 1.29 is 33.7 Å². The number of rotatable bonds is 11. The van der Waals surface area contributed by atoms with Crippen LogP contribution in [0.25, 0.3) is 0 Å². The van der Waals surface area contributed by atoms with Crippen molar-refractivity contribution in [2.45, 2.75) is 40.2 Å². The van der Waals surface area contributed by atoms with E-state index in [0.717, 1.165) is 5.56 Å². The minimum Gasteiger partial charge on any atom is -0.504 e. The van der Waals surface area contributed by atoms with Crippen molar-refractivity contribution in [1.82, 2.24) is 0 Å². The van der Waals surface area contributed by atoms with Crippen LogP contribution in [0.4, 0.5) is 0 Å². The summed E-state index contributed by atoms with van der Waals surface area (Å²) >= 11 is 6.06. The third kappa shape index (κ3) is 8.49. The lowest BCUT2D eigenvalue weighted by Gasteiger charge is -2.14. The van der Waals surface area contributed by atoms with Crippen molar-refractivity contribution in [3.05, 3.63) is 52.5 Å². The van der Waals surface area contributed by atoms with Crippen LogP contribution in [-0.4, -0.2) is 48.8 Å². The lowest BCUT2D eigenvalue weighted by atomic mass is 10.0. The van der Waals surface area contributed by atoms with Gasteiger partial charge in [-0.1, -0.05) is 51.4 Å². The fraction of sp³-hybridized carbons (Fsp3) is 0.385. The van der Waals surface area contributed by atoms with Gasteiger partial charge in [-0.15, -0.1) is 0 Å². The molecule has 2 aromatic rings. The molecule has 0 fully saturated rings. The van der Waals surface area contributed by atoms with Crippen LogP contribution < -0.4 is 9.47 Å². The average molecular weight is 504 g/mol. The van der Waals surface area contributed by atoms with Crippen LogP contribution >= 0.6 is 11.6 Å². The zero-order valence-corrected chi connectivity index (χ0v) is 21.2. The number of ether oxygens (including phenoxy) is 3. The molecule has 0 saturated carbocycles. The van der Waals surface area contributed by atoms with E-state index in [1.165, 1.54) is 25.5 Å². The first-order valence-corrected chi connectivity index (χ1v) is 11.5. The molecule has 0 aliphatic heterocycles. The fourth-order valence-electron chi connectivity index (χ4n) is 2.83. The van der Waals surface area contributed by atoms with E-state index in [1.54, 1.807) is 52.0 Å². The summed E-state index contributed by atoms with van der Waals surface area (Å²) in [6, 6.07) is 8.69. The molecule has 0 amide bonds. The highest BCUT2D eigenvalue weighted by molar-refractivity contribution is 6.31. The largest absolute Gasteiger partial charge is 0.504 e. The molecular weight excluding hydrogens is 474 g/mol. The van der Waals surface area contributed by atoms with Gasteiger partial charge in [-0.3, -0.25) is 19.4 Å². The Morgan fingerprint density at radius 2 is 1.60 bits per heavy atom. The second-order valence-corrected chi connectivity index (χ2v) is 8.97. The topological polar surface area (TPSA) is 111 Å². The second kappa shape index (κ2) is 13.0. The summed E-state index contributed by atoms with van der Waals surface area (Å²) in [6.45, 7) is 6.67. The van der Waals surface area contributed by atoms with Crippen LogP contribution in [0.3, 0.4) is 0 Å². The predicted octanol–water partition coefficient (Wildman–Crippen LogP) is 4.41. The average Bonchev–Trinajstić information content (AvgIpc) is 2.79. The third-order valence-corrected chi connectivity index (χ3v) is 5.05. The van der Waals surface area contributed by atoms with E-state index in [1.807, 2.05) is 0 Å². The first-order chi connectivity index (χ1) is 16.5. The number of ketones is 1. The maximum atomic E-state index is 12.7. The van der Waals surface area contributed by atoms with Crippen molar-refractivity contribution in [1.29, 1.82) is 0 Å². The summed E-state index contributed by atoms with van der Waals surface area (Å²) in [7, 11) is 1.41. The number of methoxy groups -OCH3 is 1. The number of benzene rings is 2. The van der Waals surface area contributed by atoms with Crippen LogP contribution in [0.15, 0.2) is 41.4 Å². The molecule has 1 unspecified atom stereocenters. The maximum absolute atomic E-state index is 12.7. The number of phenols is 1. The number of Topliss-reactive ketones (excluding diaryl/α,β-unsaturated/α-hetero) is 1. The Kier molecular flexibility index (Phi) is 10.4. The third-order valence-electron chi connectivity index (χ3n) is 4.83. The number of carbonyl (C=O) groups excluding carboxylic acids is 3. The van der Waals surface area contributed by atoms with E-state index >= 15 is 0 Å². The van der Waals surface area contributed by atoms with Gasteiger partial charge >= 0.3 is 11.9 Å². The van der Waals surface area contributed by atoms with Crippen molar-refractivity contribution in [3.63, 3.8) is 0 Å². The van der Waals surface area contributed by atoms with Gasteiger partial charge in [-0.25, -0.2) is 0 Å². The molecule has 1 N–H and O–H groups in total. The number of aliphatic imine (C=N–C) groups is 1. The molecule has 2 aromatic carbocycles. The van der Waals surface area contributed by atoms with Gasteiger partial charge in [0.05, 0.1) is 11.8 Å². The Hall–Kier alpha value is -3.23. The molecular formula is C26H30ClNO7. The summed E-state index contributed by atoms with van der Waals surface area (Å²) in [4.78, 5) is 40.9. The summed E-state index contributed by atoms with van der Waals surface area (Å²) in [5, 5.41) is 10.5. The highest BCUT2D eigenvalue weighted by atomic mass is 35.5. The van der Waals surface area contributed by atoms with E-state index in [-0.39, 0.29) is 52.8 Å². The normalized spacial score (nSPS) is 12.2. The van der Waals surface area contributed by atoms with Gasteiger partial charge in [-0.2, -0.15) is 0 Å². The fourth-order valence-corrected chi connectivity index (χ4v) is 3.06. The molecule has 0 heterocycles. The number of hydrogen-bond donors (Lipinski definition) is 1. The summed E-state index contributed by atoms with van der Waals surface area (Å²) in [6.07, 6.45) is 1.58. The lowest BCUT2D eigenvalue weighted by Crippen LogP contribution is -2.25. The number of carbonyl (C=O) groups is 3. The van der Waals surface area contributed by atoms with E-state index < -0.39 is 17.9 Å². The van der Waals surface area contributed by atoms with Crippen LogP contribution in [-0.2, 0) is 25.5 Å². The Balaban J connectivity index is 2.30. The summed E-state index contributed by atoms with van der Waals surface area (Å²) in [5.41, 5.74) is 1.02. The Labute approximate surface area is 209 Å². The zero-order chi connectivity index (χ0) is 26.1. The molecule has 8 nitrogen and oxygen atoms in total. The minimum atomic E-state index is -0.825. The summed E-state index contributed by atoms with van der Waals surface area (Å²) < 4.78 is 15.6. The molecule has 0 aliphatic carbocycles. The van der Waals surface area contributed by atoms with Gasteiger partial charge < -0.3 is 19.3 Å². The molecule has 35 heavy (non-hydrogen) atoms. The number of halogens is 1. The number of aromatic hydroxyl groups is 1. The standard InChI is InChI=1S/C26H30ClNO7/c1-15(2)25(31)34-20-8-6-17(7-9-20)10-21(23(30)14-33-5)28-13-18-11-19(27)12-22(29)24(18)35-26(32)16(3)4/h6-9,11-13,15-16,21,29H,10,14H2,1-5H3. The van der Waals surface area contributed by atoms with Gasteiger partial charge in [0.15, 0.2) is 17.3 Å². The van der Waals surface area contributed by atoms with Gasteiger partial charge in [0, 0.05) is 36.4 Å². The van der Waals surface area contributed by atoms with Crippen molar-refractivity contribution in [2.24, 2.45) is 16.8 Å². The van der Waals surface area contributed by atoms with Crippen LogP contribution in [0.1, 0.15) is 38.8 Å². The van der Waals surface area contributed by atoms with Crippen molar-refractivity contribution >= 4 is 35.5 Å². The lowest BCUT2D eigenvalue weighted by molar-refractivity contribution is -0.138. The van der Waals surface area contributed by atoms with Gasteiger partial charge in [0.25, 0.3) is 0 Å². The molecule has 0 radical (unpaired) electrons. The predicted molar refractivity (Wildman–Crippen MR) is 132 cm³/mol. The molecule has 0 spiro atoms. The molecule has 9 heteroatoms.